The number of nitrogens with two attached hydrogens (primary N) is 1. The molecule has 96 valence electrons. The van der Waals surface area contributed by atoms with Crippen LogP contribution in [0.4, 0.5) is 5.82 Å². The average molecular weight is 256 g/mol. The van der Waals surface area contributed by atoms with Gasteiger partial charge in [-0.3, -0.25) is 0 Å². The maximum absolute atomic E-state index is 5.89. The van der Waals surface area contributed by atoms with E-state index in [2.05, 4.69) is 35.9 Å². The molecule has 0 radical (unpaired) electrons. The Balaban J connectivity index is 0.00000144. The molecule has 2 heterocycles. The highest BCUT2D eigenvalue weighted by Crippen LogP contribution is 2.19. The summed E-state index contributed by atoms with van der Waals surface area (Å²) in [6.45, 7) is 6.46. The second-order valence-corrected chi connectivity index (χ2v) is 4.93. The van der Waals surface area contributed by atoms with E-state index in [-0.39, 0.29) is 12.4 Å². The van der Waals surface area contributed by atoms with Crippen LogP contribution in [0.15, 0.2) is 18.3 Å². The first-order valence-corrected chi connectivity index (χ1v) is 6.13. The molecule has 0 bridgehead atoms. The van der Waals surface area contributed by atoms with E-state index in [0.29, 0.717) is 12.0 Å². The molecule has 1 aliphatic rings. The Morgan fingerprint density at radius 1 is 1.29 bits per heavy atom. The van der Waals surface area contributed by atoms with E-state index in [1.807, 2.05) is 6.20 Å². The third kappa shape index (κ3) is 3.58. The Labute approximate surface area is 110 Å². The lowest BCUT2D eigenvalue weighted by molar-refractivity contribution is 0.498. The van der Waals surface area contributed by atoms with Gasteiger partial charge in [0.25, 0.3) is 0 Å². The number of pyridine rings is 1. The van der Waals surface area contributed by atoms with Crippen LogP contribution in [-0.2, 0) is 0 Å². The second-order valence-electron chi connectivity index (χ2n) is 4.93. The van der Waals surface area contributed by atoms with E-state index in [9.17, 15) is 0 Å². The van der Waals surface area contributed by atoms with Crippen molar-refractivity contribution in [1.29, 1.82) is 0 Å². The molecule has 1 aliphatic heterocycles. The fourth-order valence-corrected chi connectivity index (χ4v) is 2.05. The predicted octanol–water partition coefficient (Wildman–Crippen LogP) is 2.55. The van der Waals surface area contributed by atoms with Crippen LogP contribution in [0.3, 0.4) is 0 Å². The fourth-order valence-electron chi connectivity index (χ4n) is 2.05. The largest absolute Gasteiger partial charge is 0.357 e. The van der Waals surface area contributed by atoms with Gasteiger partial charge in [0.15, 0.2) is 0 Å². The van der Waals surface area contributed by atoms with Gasteiger partial charge in [0.2, 0.25) is 0 Å². The van der Waals surface area contributed by atoms with Gasteiger partial charge in [-0.25, -0.2) is 4.98 Å². The van der Waals surface area contributed by atoms with Crippen LogP contribution in [0.2, 0.25) is 0 Å². The maximum atomic E-state index is 5.89. The number of hydrogen-bond donors (Lipinski definition) is 1. The molecule has 2 N–H and O–H groups in total. The van der Waals surface area contributed by atoms with Crippen molar-refractivity contribution >= 4 is 18.2 Å². The van der Waals surface area contributed by atoms with E-state index in [4.69, 9.17) is 5.73 Å². The summed E-state index contributed by atoms with van der Waals surface area (Å²) in [5, 5.41) is 0. The lowest BCUT2D eigenvalue weighted by atomic mass is 10.0. The van der Waals surface area contributed by atoms with Gasteiger partial charge in [0.1, 0.15) is 5.82 Å². The third-order valence-corrected chi connectivity index (χ3v) is 3.30. The van der Waals surface area contributed by atoms with Crippen LogP contribution in [0.1, 0.15) is 38.2 Å². The van der Waals surface area contributed by atoms with Crippen molar-refractivity contribution in [2.24, 2.45) is 5.73 Å². The molecule has 1 fully saturated rings. The summed E-state index contributed by atoms with van der Waals surface area (Å²) in [4.78, 5) is 6.86. The summed E-state index contributed by atoms with van der Waals surface area (Å²) >= 11 is 0. The van der Waals surface area contributed by atoms with Gasteiger partial charge in [0, 0.05) is 25.3 Å². The molecule has 17 heavy (non-hydrogen) atoms. The fraction of sp³-hybridized carbons (Fsp3) is 0.615. The molecule has 0 aliphatic carbocycles. The Morgan fingerprint density at radius 3 is 2.41 bits per heavy atom. The van der Waals surface area contributed by atoms with Crippen molar-refractivity contribution in [2.45, 2.75) is 38.6 Å². The van der Waals surface area contributed by atoms with E-state index in [1.54, 1.807) is 0 Å². The van der Waals surface area contributed by atoms with Gasteiger partial charge in [-0.2, -0.15) is 0 Å². The smallest absolute Gasteiger partial charge is 0.128 e. The summed E-state index contributed by atoms with van der Waals surface area (Å²) in [6.07, 6.45) is 4.15. The van der Waals surface area contributed by atoms with Crippen LogP contribution >= 0.6 is 12.4 Å². The summed E-state index contributed by atoms with van der Waals surface area (Å²) in [5.41, 5.74) is 7.19. The summed E-state index contributed by atoms with van der Waals surface area (Å²) < 4.78 is 0. The molecule has 3 nitrogen and oxygen atoms in total. The average Bonchev–Trinajstić information content (AvgIpc) is 2.30. The lowest BCUT2D eigenvalue weighted by Crippen LogP contribution is -2.40. The van der Waals surface area contributed by atoms with Gasteiger partial charge in [-0.15, -0.1) is 12.4 Å². The van der Waals surface area contributed by atoms with E-state index >= 15 is 0 Å². The van der Waals surface area contributed by atoms with Crippen molar-refractivity contribution in [2.75, 3.05) is 18.0 Å². The zero-order valence-electron chi connectivity index (χ0n) is 10.6. The molecular weight excluding hydrogens is 234 g/mol. The normalized spacial score (nSPS) is 17.1. The second kappa shape index (κ2) is 6.22. The Morgan fingerprint density at radius 2 is 1.94 bits per heavy atom. The van der Waals surface area contributed by atoms with Gasteiger partial charge < -0.3 is 10.6 Å². The zero-order chi connectivity index (χ0) is 11.5. The van der Waals surface area contributed by atoms with Crippen molar-refractivity contribution < 1.29 is 0 Å². The molecule has 0 aromatic carbocycles. The minimum absolute atomic E-state index is 0. The predicted molar refractivity (Wildman–Crippen MR) is 75.0 cm³/mol. The third-order valence-electron chi connectivity index (χ3n) is 3.30. The molecule has 1 saturated heterocycles. The molecule has 2 rings (SSSR count). The van der Waals surface area contributed by atoms with Crippen molar-refractivity contribution in [3.8, 4) is 0 Å². The molecular formula is C13H22ClN3. The minimum atomic E-state index is 0. The summed E-state index contributed by atoms with van der Waals surface area (Å²) in [5.74, 6) is 1.65. The first-order valence-electron chi connectivity index (χ1n) is 6.13. The first-order chi connectivity index (χ1) is 7.66. The molecule has 0 unspecified atom stereocenters. The molecule has 4 heteroatoms. The quantitative estimate of drug-likeness (QED) is 0.883. The van der Waals surface area contributed by atoms with Crippen molar-refractivity contribution in [1.82, 2.24) is 4.98 Å². The number of rotatable bonds is 2. The Hall–Kier alpha value is -0.800. The highest BCUT2D eigenvalue weighted by molar-refractivity contribution is 5.85. The Kier molecular flexibility index (Phi) is 5.22. The first kappa shape index (κ1) is 14.3. The molecule has 0 spiro atoms. The van der Waals surface area contributed by atoms with Crippen molar-refractivity contribution in [3.05, 3.63) is 23.9 Å². The van der Waals surface area contributed by atoms with Gasteiger partial charge >= 0.3 is 0 Å². The molecule has 0 saturated carbocycles. The van der Waals surface area contributed by atoms with Crippen molar-refractivity contribution in [3.63, 3.8) is 0 Å². The zero-order valence-corrected chi connectivity index (χ0v) is 11.4. The Bertz CT molecular complexity index is 329. The van der Waals surface area contributed by atoms with Crippen LogP contribution < -0.4 is 10.6 Å². The summed E-state index contributed by atoms with van der Waals surface area (Å²) in [6, 6.07) is 4.69. The highest BCUT2D eigenvalue weighted by Gasteiger charge is 2.16. The highest BCUT2D eigenvalue weighted by atomic mass is 35.5. The lowest BCUT2D eigenvalue weighted by Gasteiger charge is -2.31. The minimum Gasteiger partial charge on any atom is -0.357 e. The van der Waals surface area contributed by atoms with Crippen LogP contribution in [0.25, 0.3) is 0 Å². The molecule has 1 aromatic heterocycles. The van der Waals surface area contributed by atoms with Crippen LogP contribution in [0, 0.1) is 0 Å². The number of nitrogens with zero attached hydrogens (tertiary/aromatic N) is 2. The van der Waals surface area contributed by atoms with E-state index in [0.717, 1.165) is 31.7 Å². The topological polar surface area (TPSA) is 42.1 Å². The number of anilines is 1. The van der Waals surface area contributed by atoms with Crippen LogP contribution in [-0.4, -0.2) is 24.1 Å². The SMILES string of the molecule is CC(C)c1ccc(N2CCC(N)CC2)nc1.Cl. The number of hydrogen-bond acceptors (Lipinski definition) is 3. The van der Waals surface area contributed by atoms with E-state index in [1.165, 1.54) is 5.56 Å². The molecule has 1 aromatic rings. The number of halogens is 1. The number of piperidine rings is 1. The molecule has 0 atom stereocenters. The van der Waals surface area contributed by atoms with E-state index < -0.39 is 0 Å². The van der Waals surface area contributed by atoms with Gasteiger partial charge in [0.05, 0.1) is 0 Å². The molecule has 0 amide bonds. The maximum Gasteiger partial charge on any atom is 0.128 e. The summed E-state index contributed by atoms with van der Waals surface area (Å²) in [7, 11) is 0. The number of aromatic nitrogens is 1. The van der Waals surface area contributed by atoms with Gasteiger partial charge in [-0.1, -0.05) is 19.9 Å². The monoisotopic (exact) mass is 255 g/mol. The van der Waals surface area contributed by atoms with Gasteiger partial charge in [-0.05, 0) is 30.4 Å². The van der Waals surface area contributed by atoms with Crippen LogP contribution in [0.5, 0.6) is 0 Å². The standard InChI is InChI=1S/C13H21N3.ClH/c1-10(2)11-3-4-13(15-9-11)16-7-5-12(14)6-8-16;/h3-4,9-10,12H,5-8,14H2,1-2H3;1H.